The summed E-state index contributed by atoms with van der Waals surface area (Å²) < 4.78 is 22.8. The SMILES string of the molecule is CCN1CCC(F)(COc2ccc3nc(-c4nnc5ccccn45)ccc3c2)CC1. The summed E-state index contributed by atoms with van der Waals surface area (Å²) in [5.41, 5.74) is 1.11. The molecule has 0 unspecified atom stereocenters. The number of nitrogens with zero attached hydrogens (tertiary/aromatic N) is 5. The van der Waals surface area contributed by atoms with E-state index in [4.69, 9.17) is 9.72 Å². The standard InChI is InChI=1S/C23H24FN5O/c1-2-28-13-10-23(24,11-14-28)16-30-18-7-9-19-17(15-18)6-8-20(25-19)22-27-26-21-5-3-4-12-29(21)22/h3-9,12,15H,2,10-11,13-14,16H2,1H3. The Morgan fingerprint density at radius 2 is 1.93 bits per heavy atom. The van der Waals surface area contributed by atoms with Crippen LogP contribution in [-0.2, 0) is 0 Å². The second kappa shape index (κ2) is 7.65. The zero-order chi connectivity index (χ0) is 20.6. The number of rotatable bonds is 5. The van der Waals surface area contributed by atoms with E-state index in [1.165, 1.54) is 0 Å². The first-order valence-corrected chi connectivity index (χ1v) is 10.4. The fraction of sp³-hybridized carbons (Fsp3) is 0.348. The maximum absolute atomic E-state index is 15.0. The van der Waals surface area contributed by atoms with Gasteiger partial charge in [0.2, 0.25) is 0 Å². The van der Waals surface area contributed by atoms with Gasteiger partial charge in [0, 0.05) is 24.7 Å². The summed E-state index contributed by atoms with van der Waals surface area (Å²) in [6.07, 6.45) is 2.96. The highest BCUT2D eigenvalue weighted by Gasteiger charge is 2.35. The number of ether oxygens (including phenoxy) is 1. The normalized spacial score (nSPS) is 16.9. The van der Waals surface area contributed by atoms with E-state index in [0.29, 0.717) is 24.4 Å². The van der Waals surface area contributed by atoms with Crippen molar-refractivity contribution in [1.29, 1.82) is 0 Å². The van der Waals surface area contributed by atoms with Crippen LogP contribution < -0.4 is 4.74 Å². The van der Waals surface area contributed by atoms with Gasteiger partial charge in [-0.25, -0.2) is 9.37 Å². The molecule has 0 aliphatic carbocycles. The average molecular weight is 405 g/mol. The lowest BCUT2D eigenvalue weighted by atomic mass is 9.94. The molecule has 1 saturated heterocycles. The topological polar surface area (TPSA) is 55.5 Å². The largest absolute Gasteiger partial charge is 0.490 e. The molecule has 3 aromatic heterocycles. The van der Waals surface area contributed by atoms with Crippen molar-refractivity contribution in [2.45, 2.75) is 25.4 Å². The van der Waals surface area contributed by atoms with Gasteiger partial charge in [-0.2, -0.15) is 0 Å². The predicted molar refractivity (Wildman–Crippen MR) is 114 cm³/mol. The summed E-state index contributed by atoms with van der Waals surface area (Å²) in [6, 6.07) is 15.4. The number of hydrogen-bond donors (Lipinski definition) is 0. The van der Waals surface area contributed by atoms with E-state index in [-0.39, 0.29) is 6.61 Å². The molecule has 0 N–H and O–H groups in total. The van der Waals surface area contributed by atoms with Crippen LogP contribution in [0.4, 0.5) is 4.39 Å². The van der Waals surface area contributed by atoms with Crippen LogP contribution in [0.5, 0.6) is 5.75 Å². The molecule has 154 valence electrons. The molecule has 30 heavy (non-hydrogen) atoms. The van der Waals surface area contributed by atoms with E-state index >= 15 is 4.39 Å². The van der Waals surface area contributed by atoms with Crippen molar-refractivity contribution in [2.24, 2.45) is 0 Å². The third-order valence-corrected chi connectivity index (χ3v) is 5.90. The van der Waals surface area contributed by atoms with Gasteiger partial charge in [0.25, 0.3) is 0 Å². The summed E-state index contributed by atoms with van der Waals surface area (Å²) in [7, 11) is 0. The van der Waals surface area contributed by atoms with E-state index in [0.717, 1.165) is 41.9 Å². The zero-order valence-corrected chi connectivity index (χ0v) is 17.0. The lowest BCUT2D eigenvalue weighted by Crippen LogP contribution is -2.44. The molecule has 0 spiro atoms. The molecule has 6 nitrogen and oxygen atoms in total. The Balaban J connectivity index is 1.34. The first-order chi connectivity index (χ1) is 14.6. The molecule has 4 heterocycles. The Bertz CT molecular complexity index is 1180. The highest BCUT2D eigenvalue weighted by molar-refractivity contribution is 5.82. The van der Waals surface area contributed by atoms with E-state index in [2.05, 4.69) is 22.0 Å². The van der Waals surface area contributed by atoms with Crippen molar-refractivity contribution in [3.8, 4) is 17.3 Å². The number of alkyl halides is 1. The molecule has 0 saturated carbocycles. The number of piperidine rings is 1. The summed E-state index contributed by atoms with van der Waals surface area (Å²) in [5.74, 6) is 1.37. The maximum atomic E-state index is 15.0. The minimum atomic E-state index is -1.25. The molecule has 0 radical (unpaired) electrons. The molecule has 0 bridgehead atoms. The number of likely N-dealkylation sites (tertiary alicyclic amines) is 1. The molecule has 1 fully saturated rings. The fourth-order valence-electron chi connectivity index (χ4n) is 3.96. The van der Waals surface area contributed by atoms with Crippen LogP contribution in [0.25, 0.3) is 28.1 Å². The van der Waals surface area contributed by atoms with Crippen LogP contribution >= 0.6 is 0 Å². The molecule has 5 rings (SSSR count). The highest BCUT2D eigenvalue weighted by atomic mass is 19.1. The number of pyridine rings is 2. The molecule has 0 atom stereocenters. The summed E-state index contributed by atoms with van der Waals surface area (Å²) in [4.78, 5) is 7.01. The van der Waals surface area contributed by atoms with Gasteiger partial charge in [0.15, 0.2) is 11.5 Å². The average Bonchev–Trinajstić information content (AvgIpc) is 3.22. The lowest BCUT2D eigenvalue weighted by molar-refractivity contribution is 0.0190. The van der Waals surface area contributed by atoms with Crippen molar-refractivity contribution in [3.05, 3.63) is 54.7 Å². The first kappa shape index (κ1) is 18.9. The third kappa shape index (κ3) is 3.61. The smallest absolute Gasteiger partial charge is 0.187 e. The molecule has 1 aliphatic rings. The van der Waals surface area contributed by atoms with E-state index in [1.54, 1.807) is 0 Å². The number of benzene rings is 1. The van der Waals surface area contributed by atoms with Crippen LogP contribution in [0, 0.1) is 0 Å². The van der Waals surface area contributed by atoms with Gasteiger partial charge in [-0.05, 0) is 55.8 Å². The van der Waals surface area contributed by atoms with Crippen molar-refractivity contribution < 1.29 is 9.13 Å². The van der Waals surface area contributed by atoms with Crippen LogP contribution in [0.3, 0.4) is 0 Å². The Kier molecular flexibility index (Phi) is 4.83. The second-order valence-electron chi connectivity index (χ2n) is 7.88. The van der Waals surface area contributed by atoms with Gasteiger partial charge < -0.3 is 9.64 Å². The van der Waals surface area contributed by atoms with Crippen molar-refractivity contribution in [2.75, 3.05) is 26.2 Å². The van der Waals surface area contributed by atoms with Crippen LogP contribution in [0.15, 0.2) is 54.7 Å². The van der Waals surface area contributed by atoms with Crippen molar-refractivity contribution in [3.63, 3.8) is 0 Å². The Morgan fingerprint density at radius 3 is 2.77 bits per heavy atom. The van der Waals surface area contributed by atoms with Crippen LogP contribution in [0.1, 0.15) is 19.8 Å². The quantitative estimate of drug-likeness (QED) is 0.499. The third-order valence-electron chi connectivity index (χ3n) is 5.90. The predicted octanol–water partition coefficient (Wildman–Crippen LogP) is 4.15. The molecular formula is C23H24FN5O. The van der Waals surface area contributed by atoms with Gasteiger partial charge >= 0.3 is 0 Å². The van der Waals surface area contributed by atoms with Crippen LogP contribution in [-0.4, -0.2) is 56.4 Å². The fourth-order valence-corrected chi connectivity index (χ4v) is 3.96. The van der Waals surface area contributed by atoms with Crippen molar-refractivity contribution >= 4 is 16.6 Å². The summed E-state index contributed by atoms with van der Waals surface area (Å²) in [6.45, 7) is 4.76. The molecule has 1 aliphatic heterocycles. The highest BCUT2D eigenvalue weighted by Crippen LogP contribution is 2.29. The number of aromatic nitrogens is 4. The van der Waals surface area contributed by atoms with Crippen LogP contribution in [0.2, 0.25) is 0 Å². The van der Waals surface area contributed by atoms with Gasteiger partial charge in [-0.1, -0.05) is 19.1 Å². The minimum Gasteiger partial charge on any atom is -0.490 e. The zero-order valence-electron chi connectivity index (χ0n) is 17.0. The van der Waals surface area contributed by atoms with E-state index in [9.17, 15) is 0 Å². The van der Waals surface area contributed by atoms with E-state index < -0.39 is 5.67 Å². The molecular weight excluding hydrogens is 381 g/mol. The maximum Gasteiger partial charge on any atom is 0.187 e. The monoisotopic (exact) mass is 405 g/mol. The Labute approximate surface area is 174 Å². The van der Waals surface area contributed by atoms with Gasteiger partial charge in [0.05, 0.1) is 5.52 Å². The second-order valence-corrected chi connectivity index (χ2v) is 7.88. The molecule has 0 amide bonds. The molecule has 7 heteroatoms. The van der Waals surface area contributed by atoms with E-state index in [1.807, 2.05) is 59.1 Å². The van der Waals surface area contributed by atoms with Crippen molar-refractivity contribution in [1.82, 2.24) is 24.5 Å². The molecule has 1 aromatic carbocycles. The summed E-state index contributed by atoms with van der Waals surface area (Å²) >= 11 is 0. The van der Waals surface area contributed by atoms with Gasteiger partial charge in [-0.15, -0.1) is 10.2 Å². The Hall–Kier alpha value is -3.06. The number of fused-ring (bicyclic) bond motifs is 2. The van der Waals surface area contributed by atoms with Gasteiger partial charge in [0.1, 0.15) is 23.7 Å². The Morgan fingerprint density at radius 1 is 1.07 bits per heavy atom. The minimum absolute atomic E-state index is 0.0906. The number of hydrogen-bond acceptors (Lipinski definition) is 5. The van der Waals surface area contributed by atoms with Gasteiger partial charge in [-0.3, -0.25) is 4.40 Å². The lowest BCUT2D eigenvalue weighted by Gasteiger charge is -2.35. The number of halogens is 1. The first-order valence-electron chi connectivity index (χ1n) is 10.4. The summed E-state index contributed by atoms with van der Waals surface area (Å²) in [5, 5.41) is 9.40. The molecule has 4 aromatic rings.